The molecule has 2 aromatic heterocycles. The lowest BCUT2D eigenvalue weighted by Gasteiger charge is -2.02. The van der Waals surface area contributed by atoms with Crippen molar-refractivity contribution in [1.82, 2.24) is 15.2 Å². The molecular weight excluding hydrogens is 256 g/mol. The molecule has 1 amide bonds. The number of fused-ring (bicyclic) bond motifs is 1. The number of pyridine rings is 1. The third-order valence-corrected chi connectivity index (χ3v) is 3.00. The Morgan fingerprint density at radius 2 is 2.00 bits per heavy atom. The predicted molar refractivity (Wildman–Crippen MR) is 75.8 cm³/mol. The summed E-state index contributed by atoms with van der Waals surface area (Å²) < 4.78 is 0. The number of hydrogen-bond donors (Lipinski definition) is 3. The van der Waals surface area contributed by atoms with Crippen molar-refractivity contribution in [3.05, 3.63) is 58.0 Å². The Kier molecular flexibility index (Phi) is 2.83. The number of aromatic nitrogens is 3. The molecule has 0 unspecified atom stereocenters. The molecule has 2 heterocycles. The van der Waals surface area contributed by atoms with E-state index in [2.05, 4.69) is 20.5 Å². The zero-order valence-corrected chi connectivity index (χ0v) is 10.7. The van der Waals surface area contributed by atoms with Crippen LogP contribution in [0.15, 0.2) is 41.2 Å². The highest BCUT2D eigenvalue weighted by Crippen LogP contribution is 2.19. The SMILES string of the molecule is Cc1ccc(C(=O)Nc2n[nH]c3ccccc23)c(=O)[nH]1. The summed E-state index contributed by atoms with van der Waals surface area (Å²) in [5.41, 5.74) is 1.17. The maximum absolute atomic E-state index is 12.1. The van der Waals surface area contributed by atoms with Gasteiger partial charge in [-0.2, -0.15) is 5.10 Å². The Hall–Kier alpha value is -2.89. The van der Waals surface area contributed by atoms with E-state index in [9.17, 15) is 9.59 Å². The van der Waals surface area contributed by atoms with Crippen LogP contribution in [0.4, 0.5) is 5.82 Å². The fourth-order valence-electron chi connectivity index (χ4n) is 1.98. The van der Waals surface area contributed by atoms with Crippen LogP contribution in [0.3, 0.4) is 0 Å². The van der Waals surface area contributed by atoms with Gasteiger partial charge in [0.2, 0.25) is 0 Å². The molecule has 0 saturated heterocycles. The average Bonchev–Trinajstić information content (AvgIpc) is 2.82. The van der Waals surface area contributed by atoms with Crippen molar-refractivity contribution in [1.29, 1.82) is 0 Å². The van der Waals surface area contributed by atoms with E-state index in [0.29, 0.717) is 11.5 Å². The van der Waals surface area contributed by atoms with Gasteiger partial charge in [0, 0.05) is 11.1 Å². The minimum absolute atomic E-state index is 0.0580. The zero-order valence-electron chi connectivity index (χ0n) is 10.7. The standard InChI is InChI=1S/C14H12N4O2/c1-8-6-7-10(13(19)15-8)14(20)16-12-9-4-2-3-5-11(9)17-18-12/h2-7H,1H3,(H,15,19)(H2,16,17,18,20). The first-order valence-electron chi connectivity index (χ1n) is 6.09. The summed E-state index contributed by atoms with van der Waals surface area (Å²) in [6, 6.07) is 10.6. The normalized spacial score (nSPS) is 10.7. The van der Waals surface area contributed by atoms with Crippen LogP contribution in [0.2, 0.25) is 0 Å². The molecule has 0 aliphatic rings. The number of aryl methyl sites for hydroxylation is 1. The number of hydrogen-bond acceptors (Lipinski definition) is 3. The molecule has 0 spiro atoms. The summed E-state index contributed by atoms with van der Waals surface area (Å²) in [5.74, 6) is -0.0749. The summed E-state index contributed by atoms with van der Waals surface area (Å²) in [6.45, 7) is 1.75. The first-order valence-corrected chi connectivity index (χ1v) is 6.09. The van der Waals surface area contributed by atoms with Crippen molar-refractivity contribution in [2.24, 2.45) is 0 Å². The summed E-state index contributed by atoms with van der Waals surface area (Å²) in [7, 11) is 0. The van der Waals surface area contributed by atoms with Gasteiger partial charge in [-0.05, 0) is 31.2 Å². The number of nitrogens with one attached hydrogen (secondary N) is 3. The molecule has 6 nitrogen and oxygen atoms in total. The zero-order chi connectivity index (χ0) is 14.1. The molecule has 0 radical (unpaired) electrons. The van der Waals surface area contributed by atoms with Crippen LogP contribution in [-0.4, -0.2) is 21.1 Å². The molecule has 100 valence electrons. The highest BCUT2D eigenvalue weighted by atomic mass is 16.2. The number of nitrogens with zero attached hydrogens (tertiary/aromatic N) is 1. The molecule has 0 atom stereocenters. The summed E-state index contributed by atoms with van der Waals surface area (Å²) in [4.78, 5) is 26.4. The third kappa shape index (κ3) is 2.07. The van der Waals surface area contributed by atoms with Crippen molar-refractivity contribution in [3.63, 3.8) is 0 Å². The second kappa shape index (κ2) is 4.65. The molecule has 20 heavy (non-hydrogen) atoms. The van der Waals surface area contributed by atoms with Gasteiger partial charge >= 0.3 is 0 Å². The van der Waals surface area contributed by atoms with Gasteiger partial charge in [-0.3, -0.25) is 14.7 Å². The smallest absolute Gasteiger partial charge is 0.262 e. The summed E-state index contributed by atoms with van der Waals surface area (Å²) in [5, 5.41) is 10.3. The second-order valence-electron chi connectivity index (χ2n) is 4.46. The average molecular weight is 268 g/mol. The maximum atomic E-state index is 12.1. The molecule has 3 rings (SSSR count). The van der Waals surface area contributed by atoms with E-state index in [1.54, 1.807) is 13.0 Å². The first-order chi connectivity index (χ1) is 9.65. The van der Waals surface area contributed by atoms with Crippen LogP contribution in [0.1, 0.15) is 16.1 Å². The van der Waals surface area contributed by atoms with Gasteiger partial charge in [-0.25, -0.2) is 0 Å². The second-order valence-corrected chi connectivity index (χ2v) is 4.46. The number of benzene rings is 1. The van der Waals surface area contributed by atoms with Gasteiger partial charge in [0.1, 0.15) is 5.56 Å². The van der Waals surface area contributed by atoms with E-state index in [0.717, 1.165) is 10.9 Å². The number of H-pyrrole nitrogens is 2. The Balaban J connectivity index is 1.95. The topological polar surface area (TPSA) is 90.6 Å². The molecule has 6 heteroatoms. The van der Waals surface area contributed by atoms with E-state index >= 15 is 0 Å². The Bertz CT molecular complexity index is 848. The van der Waals surface area contributed by atoms with E-state index in [1.165, 1.54) is 6.07 Å². The van der Waals surface area contributed by atoms with E-state index in [4.69, 9.17) is 0 Å². The number of rotatable bonds is 2. The molecule has 0 fully saturated rings. The number of anilines is 1. The van der Waals surface area contributed by atoms with E-state index in [1.807, 2.05) is 24.3 Å². The fraction of sp³-hybridized carbons (Fsp3) is 0.0714. The molecule has 0 aliphatic carbocycles. The number of para-hydroxylation sites is 1. The number of carbonyl (C=O) groups is 1. The minimum Gasteiger partial charge on any atom is -0.326 e. The quantitative estimate of drug-likeness (QED) is 0.662. The lowest BCUT2D eigenvalue weighted by atomic mass is 10.2. The number of carbonyl (C=O) groups excluding carboxylic acids is 1. The van der Waals surface area contributed by atoms with Crippen LogP contribution in [-0.2, 0) is 0 Å². The monoisotopic (exact) mass is 268 g/mol. The minimum atomic E-state index is -0.483. The van der Waals surface area contributed by atoms with Crippen LogP contribution in [0.25, 0.3) is 10.9 Å². The molecule has 3 N–H and O–H groups in total. The van der Waals surface area contributed by atoms with Crippen LogP contribution >= 0.6 is 0 Å². The largest absolute Gasteiger partial charge is 0.326 e. The van der Waals surface area contributed by atoms with Crippen LogP contribution in [0, 0.1) is 6.92 Å². The Morgan fingerprint density at radius 3 is 2.80 bits per heavy atom. The molecule has 0 bridgehead atoms. The van der Waals surface area contributed by atoms with Crippen molar-refractivity contribution in [2.75, 3.05) is 5.32 Å². The molecule has 3 aromatic rings. The van der Waals surface area contributed by atoms with Gasteiger partial charge in [0.05, 0.1) is 5.52 Å². The van der Waals surface area contributed by atoms with Crippen LogP contribution in [0.5, 0.6) is 0 Å². The van der Waals surface area contributed by atoms with Crippen molar-refractivity contribution >= 4 is 22.6 Å². The van der Waals surface area contributed by atoms with Gasteiger partial charge in [-0.1, -0.05) is 12.1 Å². The van der Waals surface area contributed by atoms with Gasteiger partial charge in [-0.15, -0.1) is 0 Å². The predicted octanol–water partition coefficient (Wildman–Crippen LogP) is 1.81. The molecule has 0 aliphatic heterocycles. The molecular formula is C14H12N4O2. The van der Waals surface area contributed by atoms with Gasteiger partial charge in [0.15, 0.2) is 5.82 Å². The van der Waals surface area contributed by atoms with E-state index < -0.39 is 11.5 Å². The van der Waals surface area contributed by atoms with Crippen molar-refractivity contribution in [2.45, 2.75) is 6.92 Å². The van der Waals surface area contributed by atoms with Gasteiger partial charge in [0.25, 0.3) is 11.5 Å². The van der Waals surface area contributed by atoms with Crippen molar-refractivity contribution < 1.29 is 4.79 Å². The summed E-state index contributed by atoms with van der Waals surface area (Å²) in [6.07, 6.45) is 0. The lowest BCUT2D eigenvalue weighted by molar-refractivity contribution is 0.102. The maximum Gasteiger partial charge on any atom is 0.262 e. The Labute approximate surface area is 113 Å². The van der Waals surface area contributed by atoms with Crippen LogP contribution < -0.4 is 10.9 Å². The number of aromatic amines is 2. The van der Waals surface area contributed by atoms with Gasteiger partial charge < -0.3 is 10.3 Å². The van der Waals surface area contributed by atoms with Crippen molar-refractivity contribution in [3.8, 4) is 0 Å². The Morgan fingerprint density at radius 1 is 1.20 bits per heavy atom. The fourth-order valence-corrected chi connectivity index (χ4v) is 1.98. The molecule has 1 aromatic carbocycles. The third-order valence-electron chi connectivity index (χ3n) is 3.00. The molecule has 0 saturated carbocycles. The van der Waals surface area contributed by atoms with E-state index in [-0.39, 0.29) is 5.56 Å². The highest BCUT2D eigenvalue weighted by molar-refractivity contribution is 6.07. The summed E-state index contributed by atoms with van der Waals surface area (Å²) >= 11 is 0. The number of amides is 1. The highest BCUT2D eigenvalue weighted by Gasteiger charge is 2.13. The first kappa shape index (κ1) is 12.2. The lowest BCUT2D eigenvalue weighted by Crippen LogP contribution is -2.23.